The zero-order valence-electron chi connectivity index (χ0n) is 11.9. The average Bonchev–Trinajstić information content (AvgIpc) is 2.86. The minimum atomic E-state index is -0.973. The molecule has 110 valence electrons. The minimum absolute atomic E-state index is 0.0385. The van der Waals surface area contributed by atoms with Crippen LogP contribution in [0.2, 0.25) is 0 Å². The number of benzene rings is 1. The van der Waals surface area contributed by atoms with Crippen molar-refractivity contribution < 1.29 is 15.0 Å². The van der Waals surface area contributed by atoms with E-state index in [0.717, 1.165) is 24.2 Å². The fourth-order valence-electron chi connectivity index (χ4n) is 3.13. The van der Waals surface area contributed by atoms with Gasteiger partial charge in [-0.05, 0) is 12.3 Å². The minimum Gasteiger partial charge on any atom is -0.478 e. The van der Waals surface area contributed by atoms with Gasteiger partial charge in [-0.1, -0.05) is 31.2 Å². The number of aromatic carboxylic acids is 1. The van der Waals surface area contributed by atoms with E-state index in [1.54, 1.807) is 6.07 Å². The van der Waals surface area contributed by atoms with E-state index in [1.165, 1.54) is 6.20 Å². The maximum absolute atomic E-state index is 11.3. The summed E-state index contributed by atoms with van der Waals surface area (Å²) in [6.45, 7) is 3.03. The van der Waals surface area contributed by atoms with E-state index in [-0.39, 0.29) is 18.2 Å². The van der Waals surface area contributed by atoms with E-state index in [1.807, 2.05) is 18.2 Å². The van der Waals surface area contributed by atoms with Crippen molar-refractivity contribution in [1.29, 1.82) is 0 Å². The fourth-order valence-corrected chi connectivity index (χ4v) is 3.13. The zero-order chi connectivity index (χ0) is 15.0. The summed E-state index contributed by atoms with van der Waals surface area (Å²) in [5.41, 5.74) is 0.210. The van der Waals surface area contributed by atoms with Crippen LogP contribution in [0.15, 0.2) is 30.5 Å². The maximum Gasteiger partial charge on any atom is 0.337 e. The summed E-state index contributed by atoms with van der Waals surface area (Å²) < 4.78 is 0. The van der Waals surface area contributed by atoms with E-state index < -0.39 is 5.97 Å². The first-order chi connectivity index (χ1) is 10.1. The van der Waals surface area contributed by atoms with Crippen molar-refractivity contribution in [3.8, 4) is 0 Å². The Bertz CT molecular complexity index is 686. The van der Waals surface area contributed by atoms with Crippen molar-refractivity contribution in [2.45, 2.75) is 19.4 Å². The Labute approximate surface area is 122 Å². The highest BCUT2D eigenvalue weighted by molar-refractivity contribution is 6.06. The first-order valence-electron chi connectivity index (χ1n) is 7.12. The van der Waals surface area contributed by atoms with Crippen LogP contribution in [0.3, 0.4) is 0 Å². The van der Waals surface area contributed by atoms with E-state index in [0.29, 0.717) is 11.3 Å². The van der Waals surface area contributed by atoms with E-state index in [9.17, 15) is 15.0 Å². The molecule has 5 heteroatoms. The zero-order valence-corrected chi connectivity index (χ0v) is 11.9. The van der Waals surface area contributed by atoms with Gasteiger partial charge in [-0.15, -0.1) is 0 Å². The van der Waals surface area contributed by atoms with Crippen LogP contribution < -0.4 is 4.90 Å². The molecule has 2 N–H and O–H groups in total. The smallest absolute Gasteiger partial charge is 0.337 e. The summed E-state index contributed by atoms with van der Waals surface area (Å²) >= 11 is 0. The Morgan fingerprint density at radius 1 is 1.38 bits per heavy atom. The van der Waals surface area contributed by atoms with Crippen LogP contribution in [-0.2, 0) is 0 Å². The Morgan fingerprint density at radius 3 is 2.76 bits per heavy atom. The molecule has 2 aromatic rings. The van der Waals surface area contributed by atoms with Gasteiger partial charge in [0.05, 0.1) is 18.2 Å². The molecule has 0 radical (unpaired) electrons. The van der Waals surface area contributed by atoms with Crippen LogP contribution in [-0.4, -0.2) is 40.4 Å². The van der Waals surface area contributed by atoms with Gasteiger partial charge < -0.3 is 15.1 Å². The molecule has 3 rings (SSSR count). The molecular weight excluding hydrogens is 268 g/mol. The number of pyridine rings is 1. The summed E-state index contributed by atoms with van der Waals surface area (Å²) in [7, 11) is 0. The number of carbonyl (C=O) groups is 1. The molecule has 5 nitrogen and oxygen atoms in total. The Morgan fingerprint density at radius 2 is 2.10 bits per heavy atom. The van der Waals surface area contributed by atoms with Crippen LogP contribution in [0.5, 0.6) is 0 Å². The van der Waals surface area contributed by atoms with Crippen LogP contribution in [0.25, 0.3) is 10.8 Å². The number of carboxylic acid groups (broad SMARTS) is 1. The van der Waals surface area contributed by atoms with Crippen molar-refractivity contribution in [2.75, 3.05) is 18.1 Å². The van der Waals surface area contributed by atoms with Crippen molar-refractivity contribution in [2.24, 2.45) is 5.92 Å². The first-order valence-corrected chi connectivity index (χ1v) is 7.12. The van der Waals surface area contributed by atoms with Crippen molar-refractivity contribution in [3.63, 3.8) is 0 Å². The third kappa shape index (κ3) is 2.23. The van der Waals surface area contributed by atoms with Crippen LogP contribution in [0.1, 0.15) is 23.7 Å². The predicted molar refractivity (Wildman–Crippen MR) is 80.7 cm³/mol. The van der Waals surface area contributed by atoms with Gasteiger partial charge in [0.15, 0.2) is 0 Å². The Balaban J connectivity index is 2.16. The monoisotopic (exact) mass is 286 g/mol. The summed E-state index contributed by atoms with van der Waals surface area (Å²) in [5, 5.41) is 20.4. The first kappa shape index (κ1) is 13.8. The average molecular weight is 286 g/mol. The molecular formula is C16H18N2O3. The number of hydrogen-bond acceptors (Lipinski definition) is 4. The standard InChI is InChI=1S/C16H18N2O3/c1-10-6-7-18(14(10)9-19)15-12-5-3-2-4-11(12)13(8-17-15)16(20)21/h2-5,8,10,14,19H,6-7,9H2,1H3,(H,20,21). The molecule has 0 spiro atoms. The second-order valence-corrected chi connectivity index (χ2v) is 5.56. The molecule has 1 aromatic carbocycles. The van der Waals surface area contributed by atoms with E-state index in [4.69, 9.17) is 0 Å². The van der Waals surface area contributed by atoms with Gasteiger partial charge in [0.1, 0.15) is 5.82 Å². The van der Waals surface area contributed by atoms with Gasteiger partial charge in [0.25, 0.3) is 0 Å². The molecule has 2 unspecified atom stereocenters. The quantitative estimate of drug-likeness (QED) is 0.904. The third-order valence-electron chi connectivity index (χ3n) is 4.35. The lowest BCUT2D eigenvalue weighted by atomic mass is 10.0. The van der Waals surface area contributed by atoms with Crippen LogP contribution in [0.4, 0.5) is 5.82 Å². The van der Waals surface area contributed by atoms with Gasteiger partial charge in [-0.3, -0.25) is 0 Å². The molecule has 1 fully saturated rings. The number of aliphatic hydroxyl groups is 1. The van der Waals surface area contributed by atoms with Crippen LogP contribution >= 0.6 is 0 Å². The largest absolute Gasteiger partial charge is 0.478 e. The topological polar surface area (TPSA) is 73.7 Å². The second kappa shape index (κ2) is 5.33. The molecule has 0 bridgehead atoms. The number of fused-ring (bicyclic) bond motifs is 1. The summed E-state index contributed by atoms with van der Waals surface area (Å²) in [6.07, 6.45) is 2.42. The molecule has 21 heavy (non-hydrogen) atoms. The second-order valence-electron chi connectivity index (χ2n) is 5.56. The number of anilines is 1. The molecule has 0 saturated carbocycles. The maximum atomic E-state index is 11.3. The highest BCUT2D eigenvalue weighted by Crippen LogP contribution is 2.33. The van der Waals surface area contributed by atoms with E-state index >= 15 is 0 Å². The highest BCUT2D eigenvalue weighted by atomic mass is 16.4. The molecule has 1 aromatic heterocycles. The molecule has 1 aliphatic rings. The molecule has 1 aliphatic heterocycles. The van der Waals surface area contributed by atoms with E-state index in [2.05, 4.69) is 16.8 Å². The highest BCUT2D eigenvalue weighted by Gasteiger charge is 2.32. The van der Waals surface area contributed by atoms with Crippen molar-refractivity contribution >= 4 is 22.6 Å². The fraction of sp³-hybridized carbons (Fsp3) is 0.375. The van der Waals surface area contributed by atoms with Crippen LogP contribution in [0, 0.1) is 5.92 Å². The SMILES string of the molecule is CC1CCN(c2ncc(C(=O)O)c3ccccc23)C1CO. The number of carboxylic acids is 1. The Hall–Kier alpha value is -2.14. The van der Waals surface area contributed by atoms with Crippen molar-refractivity contribution in [3.05, 3.63) is 36.0 Å². The van der Waals surface area contributed by atoms with Gasteiger partial charge in [-0.2, -0.15) is 0 Å². The lowest BCUT2D eigenvalue weighted by Gasteiger charge is -2.27. The van der Waals surface area contributed by atoms with Gasteiger partial charge >= 0.3 is 5.97 Å². The molecule has 0 aliphatic carbocycles. The molecule has 1 saturated heterocycles. The lowest BCUT2D eigenvalue weighted by molar-refractivity contribution is 0.0698. The Kier molecular flexibility index (Phi) is 3.51. The number of aromatic nitrogens is 1. The number of rotatable bonds is 3. The predicted octanol–water partition coefficient (Wildman–Crippen LogP) is 2.14. The van der Waals surface area contributed by atoms with Gasteiger partial charge in [0, 0.05) is 23.5 Å². The molecule has 2 atom stereocenters. The number of nitrogens with zero attached hydrogens (tertiary/aromatic N) is 2. The normalized spacial score (nSPS) is 21.9. The third-order valence-corrected chi connectivity index (χ3v) is 4.35. The molecule has 0 amide bonds. The van der Waals surface area contributed by atoms with Crippen molar-refractivity contribution in [1.82, 2.24) is 4.98 Å². The number of hydrogen-bond donors (Lipinski definition) is 2. The number of aliphatic hydroxyl groups excluding tert-OH is 1. The van der Waals surface area contributed by atoms with Gasteiger partial charge in [0.2, 0.25) is 0 Å². The summed E-state index contributed by atoms with van der Waals surface area (Å²) in [4.78, 5) is 17.8. The lowest BCUT2D eigenvalue weighted by Crippen LogP contribution is -2.35. The van der Waals surface area contributed by atoms with Gasteiger partial charge in [-0.25, -0.2) is 9.78 Å². The summed E-state index contributed by atoms with van der Waals surface area (Å²) in [6, 6.07) is 7.44. The molecule has 2 heterocycles. The summed E-state index contributed by atoms with van der Waals surface area (Å²) in [5.74, 6) is 0.187.